The van der Waals surface area contributed by atoms with Gasteiger partial charge in [-0.15, -0.1) is 0 Å². The minimum atomic E-state index is -0.453. The Morgan fingerprint density at radius 2 is 1.81 bits per heavy atom. The molecule has 0 N–H and O–H groups in total. The standard InChI is InChI=1S/C13H22O3/c1-3-4-5-6-7-8-12-16-13(14)10-9-11-15-2/h3-8,11-12H2,1-2H3. The van der Waals surface area contributed by atoms with Gasteiger partial charge in [0.25, 0.3) is 0 Å². The number of hydrogen-bond acceptors (Lipinski definition) is 3. The lowest BCUT2D eigenvalue weighted by Gasteiger charge is -2.00. The number of ether oxygens (including phenoxy) is 2. The Hall–Kier alpha value is -1.01. The van der Waals surface area contributed by atoms with Crippen LogP contribution in [0.4, 0.5) is 0 Å². The summed E-state index contributed by atoms with van der Waals surface area (Å²) in [4.78, 5) is 11.0. The zero-order valence-corrected chi connectivity index (χ0v) is 10.4. The van der Waals surface area contributed by atoms with Gasteiger partial charge in [0.05, 0.1) is 6.61 Å². The molecule has 0 saturated heterocycles. The first-order chi connectivity index (χ1) is 7.81. The van der Waals surface area contributed by atoms with Gasteiger partial charge in [0.15, 0.2) is 0 Å². The first-order valence-electron chi connectivity index (χ1n) is 5.95. The molecule has 0 aliphatic heterocycles. The van der Waals surface area contributed by atoms with Crippen molar-refractivity contribution in [2.45, 2.75) is 45.4 Å². The van der Waals surface area contributed by atoms with Crippen molar-refractivity contribution in [2.24, 2.45) is 0 Å². The third-order valence-electron chi connectivity index (χ3n) is 2.14. The number of methoxy groups -OCH3 is 1. The lowest BCUT2D eigenvalue weighted by Crippen LogP contribution is -2.03. The Kier molecular flexibility index (Phi) is 11.3. The van der Waals surface area contributed by atoms with E-state index in [1.54, 1.807) is 0 Å². The molecule has 0 aromatic heterocycles. The molecule has 0 heterocycles. The van der Waals surface area contributed by atoms with Gasteiger partial charge in [0, 0.05) is 13.0 Å². The minimum Gasteiger partial charge on any atom is -0.456 e. The average Bonchev–Trinajstić information content (AvgIpc) is 2.28. The summed E-state index contributed by atoms with van der Waals surface area (Å²) >= 11 is 0. The van der Waals surface area contributed by atoms with E-state index < -0.39 is 5.97 Å². The van der Waals surface area contributed by atoms with Crippen molar-refractivity contribution >= 4 is 5.97 Å². The highest BCUT2D eigenvalue weighted by Gasteiger charge is 1.96. The molecule has 0 amide bonds. The fourth-order valence-corrected chi connectivity index (χ4v) is 1.26. The number of hydrogen-bond donors (Lipinski definition) is 0. The summed E-state index contributed by atoms with van der Waals surface area (Å²) in [7, 11) is 1.54. The van der Waals surface area contributed by atoms with Crippen molar-refractivity contribution in [3.63, 3.8) is 0 Å². The summed E-state index contributed by atoms with van der Waals surface area (Å²) in [6.07, 6.45) is 7.10. The summed E-state index contributed by atoms with van der Waals surface area (Å²) in [6.45, 7) is 2.94. The summed E-state index contributed by atoms with van der Waals surface area (Å²) in [5.41, 5.74) is 0. The molecule has 0 rings (SSSR count). The van der Waals surface area contributed by atoms with E-state index in [4.69, 9.17) is 9.47 Å². The van der Waals surface area contributed by atoms with Gasteiger partial charge in [-0.05, 0) is 6.42 Å². The van der Waals surface area contributed by atoms with Crippen molar-refractivity contribution in [3.05, 3.63) is 0 Å². The van der Waals surface area contributed by atoms with Gasteiger partial charge >= 0.3 is 5.97 Å². The molecule has 0 aromatic carbocycles. The molecule has 0 atom stereocenters. The number of carbonyl (C=O) groups is 1. The molecule has 0 fully saturated rings. The van der Waals surface area contributed by atoms with Crippen LogP contribution in [0.2, 0.25) is 0 Å². The van der Waals surface area contributed by atoms with Crippen LogP contribution in [-0.4, -0.2) is 26.3 Å². The van der Waals surface area contributed by atoms with Crippen LogP contribution in [-0.2, 0) is 14.3 Å². The number of rotatable bonds is 8. The van der Waals surface area contributed by atoms with Gasteiger partial charge in [-0.1, -0.05) is 44.9 Å². The second-order valence-corrected chi connectivity index (χ2v) is 3.64. The second kappa shape index (κ2) is 12.1. The molecule has 3 nitrogen and oxygen atoms in total. The fraction of sp³-hybridized carbons (Fsp3) is 0.769. The Balaban J connectivity index is 3.25. The first kappa shape index (κ1) is 15.0. The molecule has 16 heavy (non-hydrogen) atoms. The van der Waals surface area contributed by atoms with E-state index in [-0.39, 0.29) is 6.61 Å². The van der Waals surface area contributed by atoms with Crippen LogP contribution >= 0.6 is 0 Å². The monoisotopic (exact) mass is 226 g/mol. The zero-order chi connectivity index (χ0) is 12.1. The van der Waals surface area contributed by atoms with Crippen LogP contribution in [0.15, 0.2) is 0 Å². The van der Waals surface area contributed by atoms with Gasteiger partial charge in [-0.2, -0.15) is 0 Å². The Labute approximate surface area is 98.5 Å². The summed E-state index contributed by atoms with van der Waals surface area (Å²) in [5, 5.41) is 0. The van der Waals surface area contributed by atoms with Gasteiger partial charge in [0.2, 0.25) is 0 Å². The van der Waals surface area contributed by atoms with Crippen LogP contribution < -0.4 is 0 Å². The summed E-state index contributed by atoms with van der Waals surface area (Å²) in [5.74, 6) is 4.46. The van der Waals surface area contributed by atoms with Crippen molar-refractivity contribution in [3.8, 4) is 11.8 Å². The lowest BCUT2D eigenvalue weighted by atomic mass is 10.1. The molecule has 92 valence electrons. The molecule has 0 unspecified atom stereocenters. The van der Waals surface area contributed by atoms with Crippen LogP contribution in [0, 0.1) is 11.8 Å². The predicted molar refractivity (Wildman–Crippen MR) is 64.0 cm³/mol. The molecule has 0 spiro atoms. The van der Waals surface area contributed by atoms with Crippen molar-refractivity contribution in [1.29, 1.82) is 0 Å². The highest BCUT2D eigenvalue weighted by atomic mass is 16.5. The normalized spacial score (nSPS) is 9.38. The van der Waals surface area contributed by atoms with E-state index in [1.807, 2.05) is 0 Å². The van der Waals surface area contributed by atoms with Gasteiger partial charge in [-0.25, -0.2) is 4.79 Å². The molecule has 0 aromatic rings. The van der Waals surface area contributed by atoms with Crippen LogP contribution in [0.3, 0.4) is 0 Å². The average molecular weight is 226 g/mol. The van der Waals surface area contributed by atoms with Crippen molar-refractivity contribution < 1.29 is 14.3 Å². The molecule has 0 aliphatic carbocycles. The van der Waals surface area contributed by atoms with Crippen molar-refractivity contribution in [2.75, 3.05) is 20.3 Å². The second-order valence-electron chi connectivity index (χ2n) is 3.64. The van der Waals surface area contributed by atoms with E-state index in [9.17, 15) is 4.79 Å². The summed E-state index contributed by atoms with van der Waals surface area (Å²) in [6, 6.07) is 0. The third kappa shape index (κ3) is 11.1. The molecule has 3 heteroatoms. The molecule has 0 aliphatic rings. The smallest absolute Gasteiger partial charge is 0.384 e. The van der Waals surface area contributed by atoms with E-state index >= 15 is 0 Å². The Morgan fingerprint density at radius 1 is 1.12 bits per heavy atom. The van der Waals surface area contributed by atoms with E-state index in [0.717, 1.165) is 12.8 Å². The van der Waals surface area contributed by atoms with E-state index in [0.29, 0.717) is 6.61 Å². The largest absolute Gasteiger partial charge is 0.456 e. The molecule has 0 saturated carbocycles. The van der Waals surface area contributed by atoms with Crippen LogP contribution in [0.5, 0.6) is 0 Å². The molecular weight excluding hydrogens is 204 g/mol. The zero-order valence-electron chi connectivity index (χ0n) is 10.4. The SMILES string of the molecule is CCCCCCCCOC(=O)C#CCOC. The maximum atomic E-state index is 11.0. The van der Waals surface area contributed by atoms with Crippen LogP contribution in [0.25, 0.3) is 0 Å². The first-order valence-corrected chi connectivity index (χ1v) is 5.95. The predicted octanol–water partition coefficient (Wildman–Crippen LogP) is 2.54. The third-order valence-corrected chi connectivity index (χ3v) is 2.14. The van der Waals surface area contributed by atoms with E-state index in [1.165, 1.54) is 32.8 Å². The fourth-order valence-electron chi connectivity index (χ4n) is 1.26. The number of carbonyl (C=O) groups excluding carboxylic acids is 1. The van der Waals surface area contributed by atoms with Crippen LogP contribution in [0.1, 0.15) is 45.4 Å². The Morgan fingerprint density at radius 3 is 2.50 bits per heavy atom. The highest BCUT2D eigenvalue weighted by Crippen LogP contribution is 2.04. The Bertz CT molecular complexity index is 225. The number of esters is 1. The maximum Gasteiger partial charge on any atom is 0.384 e. The highest BCUT2D eigenvalue weighted by molar-refractivity contribution is 5.88. The quantitative estimate of drug-likeness (QED) is 0.276. The maximum absolute atomic E-state index is 11.0. The molecule has 0 radical (unpaired) electrons. The van der Waals surface area contributed by atoms with Gasteiger partial charge < -0.3 is 9.47 Å². The van der Waals surface area contributed by atoms with E-state index in [2.05, 4.69) is 18.8 Å². The van der Waals surface area contributed by atoms with Gasteiger partial charge in [-0.3, -0.25) is 0 Å². The molecular formula is C13H22O3. The molecule has 0 bridgehead atoms. The number of unbranched alkanes of at least 4 members (excludes halogenated alkanes) is 5. The summed E-state index contributed by atoms with van der Waals surface area (Å²) < 4.78 is 9.62. The van der Waals surface area contributed by atoms with Crippen molar-refractivity contribution in [1.82, 2.24) is 0 Å². The minimum absolute atomic E-state index is 0.270. The lowest BCUT2D eigenvalue weighted by molar-refractivity contribution is -0.136. The topological polar surface area (TPSA) is 35.5 Å². The van der Waals surface area contributed by atoms with Gasteiger partial charge in [0.1, 0.15) is 6.61 Å².